The van der Waals surface area contributed by atoms with E-state index in [0.29, 0.717) is 18.8 Å². The van der Waals surface area contributed by atoms with Crippen LogP contribution in [0.2, 0.25) is 0 Å². The highest BCUT2D eigenvalue weighted by molar-refractivity contribution is 7.07. The summed E-state index contributed by atoms with van der Waals surface area (Å²) in [5.74, 6) is 0. The lowest BCUT2D eigenvalue weighted by atomic mass is 10.2. The zero-order valence-electron chi connectivity index (χ0n) is 10.1. The van der Waals surface area contributed by atoms with Crippen LogP contribution in [0.4, 0.5) is 0 Å². The summed E-state index contributed by atoms with van der Waals surface area (Å²) in [5.41, 5.74) is 2.63. The van der Waals surface area contributed by atoms with Crippen molar-refractivity contribution in [2.45, 2.75) is 12.6 Å². The lowest BCUT2D eigenvalue weighted by Gasteiger charge is -2.09. The average molecular weight is 261 g/mol. The molecule has 1 atom stereocenters. The molecule has 0 aromatic carbocycles. The highest BCUT2D eigenvalue weighted by Gasteiger charge is 2.07. The predicted molar refractivity (Wildman–Crippen MR) is 71.1 cm³/mol. The summed E-state index contributed by atoms with van der Waals surface area (Å²) < 4.78 is 1.80. The zero-order valence-corrected chi connectivity index (χ0v) is 10.9. The molecule has 1 unspecified atom stereocenters. The standard InChI is InChI=1S/C13H15N3OS/c1-16-8-10(4-12(16)5-14)6-15-7-13(17)11-2-3-18-9-11/h2-4,8-9,13,15,17H,6-7H2,1H3. The first-order chi connectivity index (χ1) is 8.70. The highest BCUT2D eigenvalue weighted by Crippen LogP contribution is 2.15. The summed E-state index contributed by atoms with van der Waals surface area (Å²) >= 11 is 1.58. The number of hydrogen-bond acceptors (Lipinski definition) is 4. The van der Waals surface area contributed by atoms with E-state index in [9.17, 15) is 5.11 Å². The molecule has 0 aliphatic carbocycles. The summed E-state index contributed by atoms with van der Waals surface area (Å²) in [4.78, 5) is 0. The third-order valence-electron chi connectivity index (χ3n) is 2.77. The number of nitrogens with one attached hydrogen (secondary N) is 1. The van der Waals surface area contributed by atoms with Crippen molar-refractivity contribution in [1.82, 2.24) is 9.88 Å². The highest BCUT2D eigenvalue weighted by atomic mass is 32.1. The third-order valence-corrected chi connectivity index (χ3v) is 3.47. The van der Waals surface area contributed by atoms with Crippen molar-refractivity contribution in [3.63, 3.8) is 0 Å². The second-order valence-electron chi connectivity index (χ2n) is 4.16. The Bertz CT molecular complexity index is 539. The van der Waals surface area contributed by atoms with Gasteiger partial charge in [0.15, 0.2) is 0 Å². The van der Waals surface area contributed by atoms with Crippen LogP contribution in [0.25, 0.3) is 0 Å². The molecule has 0 saturated heterocycles. The summed E-state index contributed by atoms with van der Waals surface area (Å²) in [5, 5.41) is 25.8. The maximum absolute atomic E-state index is 9.88. The molecule has 2 aromatic heterocycles. The Labute approximate surface area is 110 Å². The van der Waals surface area contributed by atoms with Crippen molar-refractivity contribution in [2.24, 2.45) is 7.05 Å². The Morgan fingerprint density at radius 1 is 1.61 bits per heavy atom. The average Bonchev–Trinajstić information content (AvgIpc) is 2.98. The first-order valence-corrected chi connectivity index (χ1v) is 6.61. The van der Waals surface area contributed by atoms with Crippen LogP contribution in [0.1, 0.15) is 22.9 Å². The lowest BCUT2D eigenvalue weighted by Crippen LogP contribution is -2.20. The van der Waals surface area contributed by atoms with Crippen molar-refractivity contribution in [1.29, 1.82) is 5.26 Å². The van der Waals surface area contributed by atoms with Crippen LogP contribution in [0.3, 0.4) is 0 Å². The SMILES string of the molecule is Cn1cc(CNCC(O)c2ccsc2)cc1C#N. The summed E-state index contributed by atoms with van der Waals surface area (Å²) in [7, 11) is 1.85. The van der Waals surface area contributed by atoms with Crippen LogP contribution in [0.5, 0.6) is 0 Å². The lowest BCUT2D eigenvalue weighted by molar-refractivity contribution is 0.175. The number of rotatable bonds is 5. The minimum Gasteiger partial charge on any atom is -0.387 e. The van der Waals surface area contributed by atoms with E-state index in [2.05, 4.69) is 11.4 Å². The molecule has 0 aliphatic heterocycles. The van der Waals surface area contributed by atoms with E-state index in [4.69, 9.17) is 5.26 Å². The number of aliphatic hydroxyl groups is 1. The van der Waals surface area contributed by atoms with Crippen LogP contribution in [0.15, 0.2) is 29.1 Å². The molecule has 0 aliphatic rings. The van der Waals surface area contributed by atoms with E-state index in [-0.39, 0.29) is 0 Å². The van der Waals surface area contributed by atoms with Gasteiger partial charge in [0.25, 0.3) is 0 Å². The smallest absolute Gasteiger partial charge is 0.120 e. The van der Waals surface area contributed by atoms with Gasteiger partial charge in [0.2, 0.25) is 0 Å². The van der Waals surface area contributed by atoms with Crippen LogP contribution < -0.4 is 5.32 Å². The Kier molecular flexibility index (Phi) is 4.15. The van der Waals surface area contributed by atoms with E-state index in [1.807, 2.05) is 36.1 Å². The molecule has 94 valence electrons. The number of aryl methyl sites for hydroxylation is 1. The van der Waals surface area contributed by atoms with Gasteiger partial charge in [-0.1, -0.05) is 0 Å². The number of thiophene rings is 1. The molecule has 0 saturated carbocycles. The van der Waals surface area contributed by atoms with Crippen molar-refractivity contribution < 1.29 is 5.11 Å². The van der Waals surface area contributed by atoms with Gasteiger partial charge in [-0.15, -0.1) is 0 Å². The molecule has 18 heavy (non-hydrogen) atoms. The normalized spacial score (nSPS) is 12.3. The van der Waals surface area contributed by atoms with Gasteiger partial charge in [0.05, 0.1) is 6.10 Å². The molecular weight excluding hydrogens is 246 g/mol. The van der Waals surface area contributed by atoms with Gasteiger partial charge in [0.1, 0.15) is 11.8 Å². The van der Waals surface area contributed by atoms with E-state index < -0.39 is 6.10 Å². The number of aromatic nitrogens is 1. The number of aliphatic hydroxyl groups excluding tert-OH is 1. The predicted octanol–water partition coefficient (Wildman–Crippen LogP) is 1.78. The van der Waals surface area contributed by atoms with Crippen molar-refractivity contribution >= 4 is 11.3 Å². The van der Waals surface area contributed by atoms with Crippen LogP contribution in [-0.4, -0.2) is 16.2 Å². The Balaban J connectivity index is 1.83. The first-order valence-electron chi connectivity index (χ1n) is 5.67. The molecule has 0 radical (unpaired) electrons. The summed E-state index contributed by atoms with van der Waals surface area (Å²) in [6.45, 7) is 1.16. The Hall–Kier alpha value is -1.61. The fourth-order valence-electron chi connectivity index (χ4n) is 1.78. The minimum atomic E-state index is -0.476. The topological polar surface area (TPSA) is 61.0 Å². The summed E-state index contributed by atoms with van der Waals surface area (Å²) in [6.07, 6.45) is 1.44. The number of nitrogens with zero attached hydrogens (tertiary/aromatic N) is 2. The van der Waals surface area contributed by atoms with Gasteiger partial charge >= 0.3 is 0 Å². The maximum atomic E-state index is 9.88. The zero-order chi connectivity index (χ0) is 13.0. The fourth-order valence-corrected chi connectivity index (χ4v) is 2.48. The minimum absolute atomic E-state index is 0.476. The second-order valence-corrected chi connectivity index (χ2v) is 4.94. The van der Waals surface area contributed by atoms with Gasteiger partial charge in [-0.2, -0.15) is 16.6 Å². The van der Waals surface area contributed by atoms with Crippen LogP contribution in [-0.2, 0) is 13.6 Å². The molecule has 4 nitrogen and oxygen atoms in total. The fraction of sp³-hybridized carbons (Fsp3) is 0.308. The molecule has 2 rings (SSSR count). The molecule has 0 spiro atoms. The Morgan fingerprint density at radius 3 is 3.06 bits per heavy atom. The van der Waals surface area contributed by atoms with Gasteiger partial charge in [-0.3, -0.25) is 0 Å². The maximum Gasteiger partial charge on any atom is 0.120 e. The van der Waals surface area contributed by atoms with E-state index in [1.165, 1.54) is 0 Å². The van der Waals surface area contributed by atoms with E-state index in [0.717, 1.165) is 11.1 Å². The van der Waals surface area contributed by atoms with Crippen molar-refractivity contribution in [3.8, 4) is 6.07 Å². The molecule has 0 fully saturated rings. The second kappa shape index (κ2) is 5.83. The van der Waals surface area contributed by atoms with Gasteiger partial charge < -0.3 is 15.0 Å². The molecule has 0 bridgehead atoms. The summed E-state index contributed by atoms with van der Waals surface area (Å²) in [6, 6.07) is 5.90. The van der Waals surface area contributed by atoms with Gasteiger partial charge in [-0.25, -0.2) is 0 Å². The third kappa shape index (κ3) is 2.99. The van der Waals surface area contributed by atoms with Crippen molar-refractivity contribution in [2.75, 3.05) is 6.54 Å². The Morgan fingerprint density at radius 2 is 2.44 bits per heavy atom. The molecular formula is C13H15N3OS. The largest absolute Gasteiger partial charge is 0.387 e. The van der Waals surface area contributed by atoms with Crippen LogP contribution in [0, 0.1) is 11.3 Å². The molecule has 0 amide bonds. The monoisotopic (exact) mass is 261 g/mol. The number of hydrogen-bond donors (Lipinski definition) is 2. The van der Waals surface area contributed by atoms with Crippen LogP contribution >= 0.6 is 11.3 Å². The molecule has 2 N–H and O–H groups in total. The van der Waals surface area contributed by atoms with E-state index >= 15 is 0 Å². The van der Waals surface area contributed by atoms with E-state index in [1.54, 1.807) is 15.9 Å². The molecule has 5 heteroatoms. The number of nitriles is 1. The van der Waals surface area contributed by atoms with Crippen molar-refractivity contribution in [3.05, 3.63) is 45.9 Å². The molecule has 2 heterocycles. The van der Waals surface area contributed by atoms with Gasteiger partial charge in [0, 0.05) is 26.3 Å². The first kappa shape index (κ1) is 12.8. The quantitative estimate of drug-likeness (QED) is 0.862. The molecule has 2 aromatic rings. The van der Waals surface area contributed by atoms with Gasteiger partial charge in [-0.05, 0) is 34.0 Å².